The Morgan fingerprint density at radius 2 is 1.65 bits per heavy atom. The molecule has 0 N–H and O–H groups in total. The van der Waals surface area contributed by atoms with E-state index < -0.39 is 26.6 Å². The molecule has 1 aromatic carbocycles. The van der Waals surface area contributed by atoms with Crippen LogP contribution in [-0.2, 0) is 10.0 Å². The Kier molecular flexibility index (Phi) is 4.78. The van der Waals surface area contributed by atoms with Crippen LogP contribution in [0.25, 0.3) is 0 Å². The van der Waals surface area contributed by atoms with Gasteiger partial charge in [-0.1, -0.05) is 0 Å². The Balaban J connectivity index is 1.71. The monoisotopic (exact) mass is 385 g/mol. The van der Waals surface area contributed by atoms with Crippen LogP contribution in [0, 0.1) is 21.7 Å². The minimum absolute atomic E-state index is 0.0850. The second-order valence-corrected chi connectivity index (χ2v) is 7.40. The summed E-state index contributed by atoms with van der Waals surface area (Å²) >= 11 is 0. The van der Waals surface area contributed by atoms with Crippen molar-refractivity contribution >= 4 is 21.7 Å². The first-order valence-electron chi connectivity index (χ1n) is 7.45. The van der Waals surface area contributed by atoms with Gasteiger partial charge >= 0.3 is 5.69 Å². The Morgan fingerprint density at radius 3 is 2.19 bits per heavy atom. The first-order valence-corrected chi connectivity index (χ1v) is 8.89. The predicted molar refractivity (Wildman–Crippen MR) is 86.0 cm³/mol. The molecule has 0 saturated carbocycles. The second-order valence-electron chi connectivity index (χ2n) is 5.47. The number of aromatic nitrogens is 2. The van der Waals surface area contributed by atoms with Gasteiger partial charge in [-0.2, -0.15) is 4.31 Å². The molecule has 1 fully saturated rings. The summed E-state index contributed by atoms with van der Waals surface area (Å²) in [6.45, 7) is 0.671. The molecular formula is C14H13F2N5O4S. The van der Waals surface area contributed by atoms with Gasteiger partial charge in [-0.05, 0) is 18.2 Å². The van der Waals surface area contributed by atoms with Crippen LogP contribution >= 0.6 is 0 Å². The molecule has 3 rings (SSSR count). The highest BCUT2D eigenvalue weighted by atomic mass is 32.2. The molecule has 1 saturated heterocycles. The molecule has 0 amide bonds. The Morgan fingerprint density at radius 1 is 1.04 bits per heavy atom. The zero-order chi connectivity index (χ0) is 18.9. The summed E-state index contributed by atoms with van der Waals surface area (Å²) in [4.78, 5) is 19.2. The van der Waals surface area contributed by atoms with E-state index in [9.17, 15) is 27.3 Å². The van der Waals surface area contributed by atoms with Gasteiger partial charge in [-0.3, -0.25) is 10.1 Å². The SMILES string of the molecule is O=[N+]([O-])c1cnc(N2CCN(S(=O)(=O)c3ccc(F)c(F)c3)CC2)nc1. The molecule has 138 valence electrons. The molecule has 0 aliphatic carbocycles. The Hall–Kier alpha value is -2.73. The highest BCUT2D eigenvalue weighted by Gasteiger charge is 2.30. The van der Waals surface area contributed by atoms with Crippen molar-refractivity contribution in [1.82, 2.24) is 14.3 Å². The van der Waals surface area contributed by atoms with Crippen LogP contribution in [0.4, 0.5) is 20.4 Å². The van der Waals surface area contributed by atoms with Crippen LogP contribution in [0.15, 0.2) is 35.5 Å². The maximum Gasteiger partial charge on any atom is 0.305 e. The average molecular weight is 385 g/mol. The third kappa shape index (κ3) is 3.46. The van der Waals surface area contributed by atoms with E-state index in [2.05, 4.69) is 9.97 Å². The molecule has 26 heavy (non-hydrogen) atoms. The van der Waals surface area contributed by atoms with Crippen LogP contribution in [0.2, 0.25) is 0 Å². The average Bonchev–Trinajstić information content (AvgIpc) is 2.64. The van der Waals surface area contributed by atoms with E-state index in [1.54, 1.807) is 4.90 Å². The molecule has 2 heterocycles. The van der Waals surface area contributed by atoms with E-state index in [0.29, 0.717) is 6.07 Å². The van der Waals surface area contributed by atoms with Crippen LogP contribution in [0.5, 0.6) is 0 Å². The molecule has 1 aliphatic heterocycles. The summed E-state index contributed by atoms with van der Waals surface area (Å²) in [5, 5.41) is 10.6. The number of sulfonamides is 1. The van der Waals surface area contributed by atoms with Crippen molar-refractivity contribution in [2.75, 3.05) is 31.1 Å². The van der Waals surface area contributed by atoms with Crippen molar-refractivity contribution in [3.8, 4) is 0 Å². The van der Waals surface area contributed by atoms with Gasteiger partial charge in [0, 0.05) is 26.2 Å². The first-order chi connectivity index (χ1) is 12.3. The summed E-state index contributed by atoms with van der Waals surface area (Å²) in [5.74, 6) is -2.10. The highest BCUT2D eigenvalue weighted by Crippen LogP contribution is 2.21. The molecule has 0 atom stereocenters. The highest BCUT2D eigenvalue weighted by molar-refractivity contribution is 7.89. The van der Waals surface area contributed by atoms with Crippen molar-refractivity contribution in [3.63, 3.8) is 0 Å². The van der Waals surface area contributed by atoms with E-state index in [1.807, 2.05) is 0 Å². The number of nitro groups is 1. The van der Waals surface area contributed by atoms with E-state index in [-0.39, 0.29) is 42.7 Å². The standard InChI is InChI=1S/C14H13F2N5O4S/c15-12-2-1-11(7-13(12)16)26(24,25)20-5-3-19(4-6-20)14-17-8-10(9-18-14)21(22)23/h1-2,7-9H,3-6H2. The van der Waals surface area contributed by atoms with E-state index in [4.69, 9.17) is 0 Å². The third-order valence-electron chi connectivity index (χ3n) is 3.89. The summed E-state index contributed by atoms with van der Waals surface area (Å²) in [6.07, 6.45) is 2.15. The normalized spacial score (nSPS) is 15.8. The minimum atomic E-state index is -3.95. The first kappa shape index (κ1) is 18.1. The molecule has 1 aromatic heterocycles. The molecule has 0 unspecified atom stereocenters. The van der Waals surface area contributed by atoms with E-state index >= 15 is 0 Å². The summed E-state index contributed by atoms with van der Waals surface area (Å²) in [7, 11) is -3.95. The lowest BCUT2D eigenvalue weighted by Crippen LogP contribution is -2.49. The van der Waals surface area contributed by atoms with Gasteiger partial charge in [0.15, 0.2) is 11.6 Å². The topological polar surface area (TPSA) is 110 Å². The third-order valence-corrected chi connectivity index (χ3v) is 5.78. The maximum absolute atomic E-state index is 13.3. The molecule has 1 aliphatic rings. The molecule has 12 heteroatoms. The van der Waals surface area contributed by atoms with Crippen molar-refractivity contribution in [1.29, 1.82) is 0 Å². The zero-order valence-corrected chi connectivity index (χ0v) is 14.1. The second kappa shape index (κ2) is 6.88. The Bertz CT molecular complexity index is 931. The lowest BCUT2D eigenvalue weighted by molar-refractivity contribution is -0.385. The van der Waals surface area contributed by atoms with Gasteiger partial charge in [-0.15, -0.1) is 0 Å². The number of piperazine rings is 1. The minimum Gasteiger partial charge on any atom is -0.338 e. The van der Waals surface area contributed by atoms with Crippen molar-refractivity contribution in [2.45, 2.75) is 4.90 Å². The van der Waals surface area contributed by atoms with Gasteiger partial charge in [-0.25, -0.2) is 27.2 Å². The Labute approximate surface area is 147 Å². The summed E-state index contributed by atoms with van der Waals surface area (Å²) in [6, 6.07) is 2.43. The lowest BCUT2D eigenvalue weighted by Gasteiger charge is -2.33. The molecule has 0 radical (unpaired) electrons. The summed E-state index contributed by atoms with van der Waals surface area (Å²) < 4.78 is 52.5. The molecular weight excluding hydrogens is 372 g/mol. The number of nitrogens with zero attached hydrogens (tertiary/aromatic N) is 5. The van der Waals surface area contributed by atoms with Gasteiger partial charge in [0.1, 0.15) is 12.4 Å². The maximum atomic E-state index is 13.3. The fraction of sp³-hybridized carbons (Fsp3) is 0.286. The van der Waals surface area contributed by atoms with Gasteiger partial charge < -0.3 is 4.90 Å². The fourth-order valence-electron chi connectivity index (χ4n) is 2.49. The van der Waals surface area contributed by atoms with E-state index in [1.165, 1.54) is 0 Å². The number of benzene rings is 1. The largest absolute Gasteiger partial charge is 0.338 e. The predicted octanol–water partition coefficient (Wildman–Crippen LogP) is 1.17. The van der Waals surface area contributed by atoms with Crippen molar-refractivity contribution in [2.24, 2.45) is 0 Å². The zero-order valence-electron chi connectivity index (χ0n) is 13.2. The van der Waals surface area contributed by atoms with Gasteiger partial charge in [0.2, 0.25) is 16.0 Å². The molecule has 0 bridgehead atoms. The molecule has 9 nitrogen and oxygen atoms in total. The van der Waals surface area contributed by atoms with Crippen LogP contribution in [0.1, 0.15) is 0 Å². The smallest absolute Gasteiger partial charge is 0.305 e. The van der Waals surface area contributed by atoms with Crippen LogP contribution in [0.3, 0.4) is 0 Å². The lowest BCUT2D eigenvalue weighted by atomic mass is 10.3. The van der Waals surface area contributed by atoms with Crippen molar-refractivity contribution in [3.05, 3.63) is 52.3 Å². The molecule has 0 spiro atoms. The molecule has 2 aromatic rings. The summed E-state index contributed by atoms with van der Waals surface area (Å²) in [5.41, 5.74) is -0.242. The quantitative estimate of drug-likeness (QED) is 0.574. The number of rotatable bonds is 4. The fourth-order valence-corrected chi connectivity index (χ4v) is 3.92. The van der Waals surface area contributed by atoms with Crippen molar-refractivity contribution < 1.29 is 22.1 Å². The number of hydrogen-bond donors (Lipinski definition) is 0. The van der Waals surface area contributed by atoms with Crippen LogP contribution < -0.4 is 4.90 Å². The van der Waals surface area contributed by atoms with Gasteiger partial charge in [0.05, 0.1) is 9.82 Å². The number of halogens is 2. The number of anilines is 1. The van der Waals surface area contributed by atoms with E-state index in [0.717, 1.165) is 28.8 Å². The number of hydrogen-bond acceptors (Lipinski definition) is 7. The van der Waals surface area contributed by atoms with Gasteiger partial charge in [0.25, 0.3) is 0 Å². The van der Waals surface area contributed by atoms with Crippen LogP contribution in [-0.4, -0.2) is 53.8 Å².